The Kier molecular flexibility index (Phi) is 4.99. The molecule has 21 heavy (non-hydrogen) atoms. The molecule has 0 radical (unpaired) electrons. The highest BCUT2D eigenvalue weighted by molar-refractivity contribution is 7.88. The zero-order chi connectivity index (χ0) is 15.3. The average molecular weight is 308 g/mol. The lowest BCUT2D eigenvalue weighted by atomic mass is 9.88. The largest absolute Gasteiger partial charge is 0.396 e. The Balaban J connectivity index is 2.04. The molecule has 0 unspecified atom stereocenters. The third-order valence-electron chi connectivity index (χ3n) is 4.15. The second-order valence-electron chi connectivity index (χ2n) is 5.71. The molecular weight excluding hydrogens is 288 g/mol. The molecule has 0 bridgehead atoms. The van der Waals surface area contributed by atoms with Crippen molar-refractivity contribution in [3.63, 3.8) is 0 Å². The van der Waals surface area contributed by atoms with Crippen LogP contribution in [0.5, 0.6) is 0 Å². The molecule has 0 aliphatic heterocycles. The second kappa shape index (κ2) is 6.56. The Morgan fingerprint density at radius 2 is 1.95 bits per heavy atom. The lowest BCUT2D eigenvalue weighted by molar-refractivity contribution is 0.134. The van der Waals surface area contributed by atoms with Gasteiger partial charge in [0.25, 0.3) is 0 Å². The molecule has 1 fully saturated rings. The molecule has 1 aliphatic carbocycles. The highest BCUT2D eigenvalue weighted by Gasteiger charge is 2.34. The summed E-state index contributed by atoms with van der Waals surface area (Å²) < 4.78 is 27.0. The van der Waals surface area contributed by atoms with Crippen LogP contribution in [0.1, 0.15) is 36.8 Å². The summed E-state index contributed by atoms with van der Waals surface area (Å²) in [7, 11) is -3.52. The first-order valence-electron chi connectivity index (χ1n) is 7.06. The van der Waals surface area contributed by atoms with Gasteiger partial charge < -0.3 is 5.11 Å². The van der Waals surface area contributed by atoms with Crippen molar-refractivity contribution in [1.29, 1.82) is 5.26 Å². The van der Waals surface area contributed by atoms with Crippen LogP contribution in [0, 0.1) is 16.7 Å². The van der Waals surface area contributed by atoms with Crippen LogP contribution in [-0.2, 0) is 15.8 Å². The summed E-state index contributed by atoms with van der Waals surface area (Å²) in [6, 6.07) is 8.69. The molecule has 0 aromatic heterocycles. The summed E-state index contributed by atoms with van der Waals surface area (Å²) in [6.45, 7) is 0.269. The van der Waals surface area contributed by atoms with Gasteiger partial charge in [0, 0.05) is 18.6 Å². The van der Waals surface area contributed by atoms with Crippen molar-refractivity contribution < 1.29 is 13.5 Å². The smallest absolute Gasteiger partial charge is 0.215 e. The summed E-state index contributed by atoms with van der Waals surface area (Å²) in [5.41, 5.74) is 0.555. The van der Waals surface area contributed by atoms with Crippen molar-refractivity contribution in [2.24, 2.45) is 5.41 Å². The lowest BCUT2D eigenvalue weighted by Crippen LogP contribution is -2.38. The molecule has 0 atom stereocenters. The fourth-order valence-corrected chi connectivity index (χ4v) is 4.08. The fourth-order valence-electron chi connectivity index (χ4n) is 2.79. The molecule has 1 aliphatic rings. The van der Waals surface area contributed by atoms with Crippen molar-refractivity contribution >= 4 is 10.0 Å². The van der Waals surface area contributed by atoms with Crippen LogP contribution in [0.3, 0.4) is 0 Å². The second-order valence-corrected chi connectivity index (χ2v) is 7.52. The molecule has 0 heterocycles. The van der Waals surface area contributed by atoms with Gasteiger partial charge >= 0.3 is 0 Å². The molecule has 1 aromatic rings. The monoisotopic (exact) mass is 308 g/mol. The lowest BCUT2D eigenvalue weighted by Gasteiger charge is -2.26. The summed E-state index contributed by atoms with van der Waals surface area (Å²) in [4.78, 5) is 0. The number of sulfonamides is 1. The molecule has 0 spiro atoms. The predicted molar refractivity (Wildman–Crippen MR) is 79.8 cm³/mol. The van der Waals surface area contributed by atoms with E-state index in [0.717, 1.165) is 25.7 Å². The Morgan fingerprint density at radius 1 is 1.29 bits per heavy atom. The van der Waals surface area contributed by atoms with E-state index in [1.165, 1.54) is 0 Å². The van der Waals surface area contributed by atoms with Crippen molar-refractivity contribution in [1.82, 2.24) is 4.72 Å². The number of aliphatic hydroxyl groups excluding tert-OH is 1. The third kappa shape index (κ3) is 4.03. The van der Waals surface area contributed by atoms with Gasteiger partial charge in [0.05, 0.1) is 17.4 Å². The number of nitrogens with one attached hydrogen (secondary N) is 1. The molecule has 1 saturated carbocycles. The van der Waals surface area contributed by atoms with Crippen LogP contribution >= 0.6 is 0 Å². The number of aliphatic hydroxyl groups is 1. The molecule has 114 valence electrons. The van der Waals surface area contributed by atoms with Crippen LogP contribution in [0.25, 0.3) is 0 Å². The van der Waals surface area contributed by atoms with Crippen LogP contribution in [0.15, 0.2) is 24.3 Å². The summed E-state index contributed by atoms with van der Waals surface area (Å²) >= 11 is 0. The van der Waals surface area contributed by atoms with Gasteiger partial charge in [-0.05, 0) is 24.5 Å². The topological polar surface area (TPSA) is 90.2 Å². The summed E-state index contributed by atoms with van der Waals surface area (Å²) in [5, 5.41) is 18.5. The average Bonchev–Trinajstić information content (AvgIpc) is 2.95. The van der Waals surface area contributed by atoms with E-state index < -0.39 is 10.0 Å². The van der Waals surface area contributed by atoms with E-state index in [1.807, 2.05) is 6.07 Å². The minimum absolute atomic E-state index is 0.00427. The number of benzene rings is 1. The number of hydrogen-bond acceptors (Lipinski definition) is 4. The molecule has 2 N–H and O–H groups in total. The number of rotatable bonds is 6. The first-order valence-corrected chi connectivity index (χ1v) is 8.72. The molecule has 2 rings (SSSR count). The van der Waals surface area contributed by atoms with E-state index >= 15 is 0 Å². The van der Waals surface area contributed by atoms with Gasteiger partial charge in [0.2, 0.25) is 10.0 Å². The highest BCUT2D eigenvalue weighted by Crippen LogP contribution is 2.37. The van der Waals surface area contributed by atoms with E-state index in [4.69, 9.17) is 5.26 Å². The Labute approximate surface area is 125 Å². The Hall–Kier alpha value is -1.42. The normalized spacial score (nSPS) is 17.5. The van der Waals surface area contributed by atoms with Crippen molar-refractivity contribution in [3.05, 3.63) is 35.4 Å². The van der Waals surface area contributed by atoms with Crippen LogP contribution in [0.4, 0.5) is 0 Å². The van der Waals surface area contributed by atoms with E-state index in [1.54, 1.807) is 24.3 Å². The maximum atomic E-state index is 12.2. The van der Waals surface area contributed by atoms with Crippen molar-refractivity contribution in [3.8, 4) is 6.07 Å². The third-order valence-corrected chi connectivity index (χ3v) is 5.43. The zero-order valence-electron chi connectivity index (χ0n) is 11.9. The quantitative estimate of drug-likeness (QED) is 0.834. The molecule has 6 heteroatoms. The summed E-state index contributed by atoms with van der Waals surface area (Å²) in [6.07, 6.45) is 3.75. The zero-order valence-corrected chi connectivity index (χ0v) is 12.7. The fraction of sp³-hybridized carbons (Fsp3) is 0.533. The van der Waals surface area contributed by atoms with Gasteiger partial charge in [-0.3, -0.25) is 0 Å². The number of hydrogen-bond donors (Lipinski definition) is 2. The molecule has 0 saturated heterocycles. The molecule has 1 aromatic carbocycles. The maximum absolute atomic E-state index is 12.2. The minimum Gasteiger partial charge on any atom is -0.396 e. The molecule has 5 nitrogen and oxygen atoms in total. The van der Waals surface area contributed by atoms with Crippen molar-refractivity contribution in [2.45, 2.75) is 31.4 Å². The number of nitrogens with zero attached hydrogens (tertiary/aromatic N) is 1. The van der Waals surface area contributed by atoms with Gasteiger partial charge in [0.1, 0.15) is 0 Å². The van der Waals surface area contributed by atoms with E-state index in [-0.39, 0.29) is 24.3 Å². The first kappa shape index (κ1) is 16.0. The minimum atomic E-state index is -3.52. The van der Waals surface area contributed by atoms with Gasteiger partial charge in [-0.2, -0.15) is 5.26 Å². The van der Waals surface area contributed by atoms with Gasteiger partial charge in [-0.15, -0.1) is 0 Å². The highest BCUT2D eigenvalue weighted by atomic mass is 32.2. The van der Waals surface area contributed by atoms with Gasteiger partial charge in [0.15, 0.2) is 0 Å². The standard InChI is InChI=1S/C15H20N2O3S/c16-9-13-5-1-2-6-14(13)10-21(19,20)17-11-15(12-18)7-3-4-8-15/h1-2,5-6,17-18H,3-4,7-8,10-12H2. The van der Waals surface area contributed by atoms with Crippen molar-refractivity contribution in [2.75, 3.05) is 13.2 Å². The Morgan fingerprint density at radius 3 is 2.57 bits per heavy atom. The van der Waals surface area contributed by atoms with Crippen LogP contribution in [-0.4, -0.2) is 26.7 Å². The predicted octanol–water partition coefficient (Wildman–Crippen LogP) is 1.53. The SMILES string of the molecule is N#Cc1ccccc1CS(=O)(=O)NCC1(CO)CCCC1. The van der Waals surface area contributed by atoms with E-state index in [9.17, 15) is 13.5 Å². The van der Waals surface area contributed by atoms with Gasteiger partial charge in [-0.25, -0.2) is 13.1 Å². The first-order chi connectivity index (χ1) is 10.0. The van der Waals surface area contributed by atoms with Gasteiger partial charge in [-0.1, -0.05) is 31.0 Å². The molecular formula is C15H20N2O3S. The van der Waals surface area contributed by atoms with E-state index in [2.05, 4.69) is 4.72 Å². The van der Waals surface area contributed by atoms with Crippen LogP contribution < -0.4 is 4.72 Å². The van der Waals surface area contributed by atoms with Crippen LogP contribution in [0.2, 0.25) is 0 Å². The summed E-state index contributed by atoms with van der Waals surface area (Å²) in [5.74, 6) is -0.210. The maximum Gasteiger partial charge on any atom is 0.215 e. The number of nitriles is 1. The van der Waals surface area contributed by atoms with E-state index in [0.29, 0.717) is 11.1 Å². The molecule has 0 amide bonds. The Bertz CT molecular complexity index is 629.